The molecule has 1 fully saturated rings. The topological polar surface area (TPSA) is 84.2 Å². The van der Waals surface area contributed by atoms with Crippen LogP contribution in [0.5, 0.6) is 0 Å². The van der Waals surface area contributed by atoms with Gasteiger partial charge in [-0.2, -0.15) is 0 Å². The molecule has 0 unspecified atom stereocenters. The van der Waals surface area contributed by atoms with Crippen LogP contribution in [-0.4, -0.2) is 30.1 Å². The molecule has 1 aromatic rings. The number of carbonyl (C=O) groups excluding carboxylic acids is 2. The smallest absolute Gasteiger partial charge is 0.273 e. The Labute approximate surface area is 98.7 Å². The fourth-order valence-corrected chi connectivity index (χ4v) is 1.42. The second-order valence-corrected chi connectivity index (χ2v) is 4.14. The van der Waals surface area contributed by atoms with Gasteiger partial charge in [0, 0.05) is 25.1 Å². The van der Waals surface area contributed by atoms with E-state index in [1.165, 1.54) is 0 Å². The van der Waals surface area contributed by atoms with Gasteiger partial charge in [0.2, 0.25) is 5.91 Å². The second-order valence-electron chi connectivity index (χ2n) is 4.14. The summed E-state index contributed by atoms with van der Waals surface area (Å²) in [5, 5.41) is 9.00. The van der Waals surface area contributed by atoms with Crippen LogP contribution in [0.4, 0.5) is 0 Å². The summed E-state index contributed by atoms with van der Waals surface area (Å²) in [6.45, 7) is 2.56. The van der Waals surface area contributed by atoms with Gasteiger partial charge in [-0.1, -0.05) is 5.16 Å². The molecule has 0 radical (unpaired) electrons. The monoisotopic (exact) mass is 237 g/mol. The van der Waals surface area contributed by atoms with Crippen molar-refractivity contribution < 1.29 is 14.1 Å². The average molecular weight is 237 g/mol. The summed E-state index contributed by atoms with van der Waals surface area (Å²) < 4.78 is 4.79. The van der Waals surface area contributed by atoms with E-state index in [1.54, 1.807) is 13.0 Å². The van der Waals surface area contributed by atoms with E-state index in [4.69, 9.17) is 4.52 Å². The molecule has 92 valence electrons. The van der Waals surface area contributed by atoms with E-state index >= 15 is 0 Å². The number of carbonyl (C=O) groups is 2. The van der Waals surface area contributed by atoms with E-state index in [0.29, 0.717) is 18.8 Å². The van der Waals surface area contributed by atoms with Gasteiger partial charge in [0.1, 0.15) is 5.76 Å². The molecular weight excluding hydrogens is 222 g/mol. The van der Waals surface area contributed by atoms with Crippen molar-refractivity contribution in [3.63, 3.8) is 0 Å². The molecule has 1 heterocycles. The first kappa shape index (κ1) is 11.6. The zero-order valence-corrected chi connectivity index (χ0v) is 9.66. The molecule has 0 saturated heterocycles. The zero-order chi connectivity index (χ0) is 12.3. The molecule has 0 aliphatic heterocycles. The number of hydrogen-bond acceptors (Lipinski definition) is 4. The van der Waals surface area contributed by atoms with E-state index in [9.17, 15) is 9.59 Å². The summed E-state index contributed by atoms with van der Waals surface area (Å²) in [5.41, 5.74) is 0.260. The van der Waals surface area contributed by atoms with Gasteiger partial charge in [0.15, 0.2) is 5.69 Å². The fourth-order valence-electron chi connectivity index (χ4n) is 1.42. The van der Waals surface area contributed by atoms with Crippen molar-refractivity contribution >= 4 is 11.8 Å². The third-order valence-corrected chi connectivity index (χ3v) is 2.52. The summed E-state index contributed by atoms with van der Waals surface area (Å²) in [7, 11) is 0. The summed E-state index contributed by atoms with van der Waals surface area (Å²) >= 11 is 0. The highest BCUT2D eigenvalue weighted by Gasteiger charge is 2.28. The van der Waals surface area contributed by atoms with Crippen LogP contribution in [0.15, 0.2) is 10.6 Å². The molecule has 1 aromatic heterocycles. The highest BCUT2D eigenvalue weighted by molar-refractivity contribution is 5.92. The van der Waals surface area contributed by atoms with Gasteiger partial charge in [-0.25, -0.2) is 0 Å². The lowest BCUT2D eigenvalue weighted by atomic mass is 10.3. The Morgan fingerprint density at radius 1 is 1.41 bits per heavy atom. The van der Waals surface area contributed by atoms with Crippen LogP contribution < -0.4 is 10.6 Å². The number of nitrogens with zero attached hydrogens (tertiary/aromatic N) is 1. The Morgan fingerprint density at radius 2 is 2.12 bits per heavy atom. The maximum absolute atomic E-state index is 11.5. The van der Waals surface area contributed by atoms with Crippen molar-refractivity contribution in [1.29, 1.82) is 0 Å². The van der Waals surface area contributed by atoms with Crippen molar-refractivity contribution in [2.24, 2.45) is 5.92 Å². The molecule has 2 rings (SSSR count). The van der Waals surface area contributed by atoms with Crippen LogP contribution in [0.1, 0.15) is 29.1 Å². The van der Waals surface area contributed by atoms with Crippen LogP contribution in [-0.2, 0) is 4.79 Å². The van der Waals surface area contributed by atoms with Crippen molar-refractivity contribution in [1.82, 2.24) is 15.8 Å². The van der Waals surface area contributed by atoms with Gasteiger partial charge in [0.05, 0.1) is 0 Å². The first-order valence-corrected chi connectivity index (χ1v) is 5.66. The fraction of sp³-hybridized carbons (Fsp3) is 0.545. The molecule has 0 spiro atoms. The Hall–Kier alpha value is -1.85. The van der Waals surface area contributed by atoms with E-state index in [2.05, 4.69) is 15.8 Å². The Kier molecular flexibility index (Phi) is 3.41. The summed E-state index contributed by atoms with van der Waals surface area (Å²) in [5.74, 6) is 0.583. The Morgan fingerprint density at radius 3 is 2.71 bits per heavy atom. The molecule has 2 N–H and O–H groups in total. The Balaban J connectivity index is 1.64. The standard InChI is InChI=1S/C11H15N3O3/c1-7-6-9(14-17-7)11(16)13-5-4-12-10(15)8-2-3-8/h6,8H,2-5H2,1H3,(H,12,15)(H,13,16). The lowest BCUT2D eigenvalue weighted by Gasteiger charge is -2.04. The van der Waals surface area contributed by atoms with Gasteiger partial charge in [0.25, 0.3) is 5.91 Å². The first-order chi connectivity index (χ1) is 8.16. The highest BCUT2D eigenvalue weighted by atomic mass is 16.5. The zero-order valence-electron chi connectivity index (χ0n) is 9.66. The number of nitrogens with one attached hydrogen (secondary N) is 2. The van der Waals surface area contributed by atoms with Gasteiger partial charge < -0.3 is 15.2 Å². The molecule has 0 aromatic carbocycles. The van der Waals surface area contributed by atoms with E-state index in [0.717, 1.165) is 12.8 Å². The molecule has 6 heteroatoms. The molecule has 1 aliphatic rings. The van der Waals surface area contributed by atoms with Crippen LogP contribution in [0, 0.1) is 12.8 Å². The third-order valence-electron chi connectivity index (χ3n) is 2.52. The molecule has 2 amide bonds. The number of amides is 2. The lowest BCUT2D eigenvalue weighted by Crippen LogP contribution is -2.35. The van der Waals surface area contributed by atoms with Crippen LogP contribution >= 0.6 is 0 Å². The van der Waals surface area contributed by atoms with Gasteiger partial charge in [-0.05, 0) is 19.8 Å². The largest absolute Gasteiger partial charge is 0.361 e. The predicted octanol–water partition coefficient (Wildman–Crippen LogP) is 0.239. The van der Waals surface area contributed by atoms with E-state index in [1.807, 2.05) is 0 Å². The van der Waals surface area contributed by atoms with Crippen LogP contribution in [0.3, 0.4) is 0 Å². The van der Waals surface area contributed by atoms with Crippen molar-refractivity contribution in [2.45, 2.75) is 19.8 Å². The SMILES string of the molecule is Cc1cc(C(=O)NCCNC(=O)C2CC2)no1. The maximum atomic E-state index is 11.5. The highest BCUT2D eigenvalue weighted by Crippen LogP contribution is 2.28. The van der Waals surface area contributed by atoms with Crippen LogP contribution in [0.25, 0.3) is 0 Å². The summed E-state index contributed by atoms with van der Waals surface area (Å²) in [6, 6.07) is 1.57. The van der Waals surface area contributed by atoms with Gasteiger partial charge in [-0.15, -0.1) is 0 Å². The van der Waals surface area contributed by atoms with E-state index < -0.39 is 0 Å². The molecule has 0 bridgehead atoms. The van der Waals surface area contributed by atoms with Gasteiger partial charge in [-0.3, -0.25) is 9.59 Å². The number of aromatic nitrogens is 1. The molecule has 0 atom stereocenters. The van der Waals surface area contributed by atoms with Crippen LogP contribution in [0.2, 0.25) is 0 Å². The quantitative estimate of drug-likeness (QED) is 0.718. The van der Waals surface area contributed by atoms with Crippen molar-refractivity contribution in [2.75, 3.05) is 13.1 Å². The minimum absolute atomic E-state index is 0.0801. The first-order valence-electron chi connectivity index (χ1n) is 5.66. The summed E-state index contributed by atoms with van der Waals surface area (Å²) in [4.78, 5) is 22.8. The van der Waals surface area contributed by atoms with Crippen molar-refractivity contribution in [3.05, 3.63) is 17.5 Å². The molecule has 1 saturated carbocycles. The maximum Gasteiger partial charge on any atom is 0.273 e. The normalized spacial score (nSPS) is 14.4. The lowest BCUT2D eigenvalue weighted by molar-refractivity contribution is -0.122. The van der Waals surface area contributed by atoms with Gasteiger partial charge >= 0.3 is 0 Å². The average Bonchev–Trinajstić information content (AvgIpc) is 3.07. The molecule has 1 aliphatic carbocycles. The third kappa shape index (κ3) is 3.30. The number of aryl methyl sites for hydroxylation is 1. The Bertz CT molecular complexity index is 423. The minimum atomic E-state index is -0.289. The van der Waals surface area contributed by atoms with Crippen molar-refractivity contribution in [3.8, 4) is 0 Å². The molecule has 6 nitrogen and oxygen atoms in total. The number of rotatable bonds is 5. The molecule has 17 heavy (non-hydrogen) atoms. The second kappa shape index (κ2) is 4.99. The molecular formula is C11H15N3O3. The van der Waals surface area contributed by atoms with E-state index in [-0.39, 0.29) is 23.4 Å². The summed E-state index contributed by atoms with van der Waals surface area (Å²) in [6.07, 6.45) is 1.97. The minimum Gasteiger partial charge on any atom is -0.361 e. The predicted molar refractivity (Wildman–Crippen MR) is 59.3 cm³/mol. The number of hydrogen-bond donors (Lipinski definition) is 2.